The number of carbonyl (C=O) groups excluding carboxylic acids is 4. The van der Waals surface area contributed by atoms with Crippen LogP contribution in [0, 0.1) is 28.6 Å². The Kier molecular flexibility index (Phi) is 8.38. The maximum absolute atomic E-state index is 17.3. The molecule has 0 heterocycles. The first-order chi connectivity index (χ1) is 18.2. The molecule has 0 spiro atoms. The number of allylic oxidation sites excluding steroid dienone is 4. The van der Waals surface area contributed by atoms with Crippen LogP contribution in [0.5, 0.6) is 0 Å². The molecule has 3 N–H and O–H groups in total. The largest absolute Gasteiger partial charge is 0.390 e. The lowest BCUT2D eigenvalue weighted by molar-refractivity contribution is -0.218. The number of hydrogen-bond donors (Lipinski definition) is 3. The zero-order valence-corrected chi connectivity index (χ0v) is 24.9. The van der Waals surface area contributed by atoms with Crippen LogP contribution in [0.15, 0.2) is 23.8 Å². The third-order valence-electron chi connectivity index (χ3n) is 10.3. The predicted octanol–water partition coefficient (Wildman–Crippen LogP) is 3.42. The van der Waals surface area contributed by atoms with Crippen molar-refractivity contribution in [2.24, 2.45) is 28.6 Å². The molecular weight excluding hydrogens is 541 g/mol. The van der Waals surface area contributed by atoms with Gasteiger partial charge in [-0.1, -0.05) is 37.3 Å². The molecule has 3 fully saturated rings. The molecule has 10 heteroatoms. The van der Waals surface area contributed by atoms with E-state index >= 15 is 4.39 Å². The number of amides is 1. The molecule has 0 aromatic carbocycles. The molecule has 1 unspecified atom stereocenters. The van der Waals surface area contributed by atoms with Crippen LogP contribution in [0.1, 0.15) is 59.8 Å². The number of fused-ring (bicyclic) bond motifs is 5. The Morgan fingerprint density at radius 2 is 1.95 bits per heavy atom. The second-order valence-corrected chi connectivity index (χ2v) is 14.2. The Balaban J connectivity index is 1.58. The minimum absolute atomic E-state index is 0.108. The number of Topliss-reactive ketones (excluding diaryl/α,β-unsaturated/α-hetero) is 1. The molecule has 39 heavy (non-hydrogen) atoms. The highest BCUT2D eigenvalue weighted by Gasteiger charge is 2.75. The van der Waals surface area contributed by atoms with Gasteiger partial charge >= 0.3 is 0 Å². The molecule has 0 bridgehead atoms. The molecule has 3 saturated carbocycles. The van der Waals surface area contributed by atoms with Gasteiger partial charge in [0.2, 0.25) is 11.0 Å². The van der Waals surface area contributed by atoms with E-state index in [4.69, 9.17) is 0 Å². The highest BCUT2D eigenvalue weighted by atomic mass is 32.2. The van der Waals surface area contributed by atoms with Crippen LogP contribution >= 0.6 is 23.5 Å². The van der Waals surface area contributed by atoms with Crippen LogP contribution in [0.4, 0.5) is 4.39 Å². The lowest BCUT2D eigenvalue weighted by atomic mass is 9.44. The Labute approximate surface area is 238 Å². The summed E-state index contributed by atoms with van der Waals surface area (Å²) in [6.07, 6.45) is 6.55. The fourth-order valence-electron chi connectivity index (χ4n) is 8.22. The van der Waals surface area contributed by atoms with E-state index in [1.54, 1.807) is 38.6 Å². The van der Waals surface area contributed by atoms with Crippen LogP contribution < -0.4 is 5.32 Å². The molecule has 4 aliphatic carbocycles. The zero-order valence-electron chi connectivity index (χ0n) is 23.3. The van der Waals surface area contributed by atoms with Gasteiger partial charge in [0, 0.05) is 23.7 Å². The van der Waals surface area contributed by atoms with Crippen LogP contribution in [-0.4, -0.2) is 74.0 Å². The Bertz CT molecular complexity index is 1130. The number of hydrogen-bond acceptors (Lipinski definition) is 8. The van der Waals surface area contributed by atoms with Gasteiger partial charge in [-0.05, 0) is 75.0 Å². The first kappa shape index (κ1) is 30.5. The highest BCUT2D eigenvalue weighted by molar-refractivity contribution is 8.14. The van der Waals surface area contributed by atoms with E-state index in [1.807, 2.05) is 6.26 Å². The average Bonchev–Trinajstić information content (AvgIpc) is 3.07. The summed E-state index contributed by atoms with van der Waals surface area (Å²) < 4.78 is 17.3. The molecule has 9 atom stereocenters. The van der Waals surface area contributed by atoms with Crippen molar-refractivity contribution in [2.45, 2.75) is 83.2 Å². The molecule has 4 aliphatic rings. The van der Waals surface area contributed by atoms with Crippen LogP contribution in [0.25, 0.3) is 0 Å². The second kappa shape index (κ2) is 10.7. The number of halogens is 1. The lowest BCUT2D eigenvalue weighted by Crippen LogP contribution is -2.69. The Morgan fingerprint density at radius 1 is 1.26 bits per heavy atom. The molecule has 216 valence electrons. The standard InChI is InChI=1S/C29H40FNO6S2/c1-16-12-21-20-7-6-18-13-19(33)8-10-26(18,3)28(20,30)23(34)14-27(21,4)29(16,37)24(35)15-39-25(36)22(9-11-38-5)31-17(2)32/h8,10,13,16,20-23,34,37H,6-7,9,11-12,14-15H2,1-5H3,(H,31,32)/t16-,20-,21-,22?,23-,26-,27-,28-,29-/m0/s1. The first-order valence-corrected chi connectivity index (χ1v) is 16.0. The van der Waals surface area contributed by atoms with Crippen molar-refractivity contribution in [3.63, 3.8) is 0 Å². The van der Waals surface area contributed by atoms with E-state index in [0.717, 1.165) is 11.8 Å². The molecule has 0 aliphatic heterocycles. The van der Waals surface area contributed by atoms with E-state index < -0.39 is 51.9 Å². The van der Waals surface area contributed by atoms with E-state index in [-0.39, 0.29) is 34.9 Å². The lowest BCUT2D eigenvalue weighted by Gasteiger charge is -2.62. The third-order valence-corrected chi connectivity index (χ3v) is 11.9. The van der Waals surface area contributed by atoms with Crippen molar-refractivity contribution < 1.29 is 33.8 Å². The number of aliphatic hydroxyl groups excluding tert-OH is 1. The number of alkyl halides is 1. The van der Waals surface area contributed by atoms with Gasteiger partial charge in [-0.3, -0.25) is 19.2 Å². The minimum atomic E-state index is -2.04. The summed E-state index contributed by atoms with van der Waals surface area (Å²) in [5, 5.41) is 25.9. The summed E-state index contributed by atoms with van der Waals surface area (Å²) in [6, 6.07) is -0.726. The highest BCUT2D eigenvalue weighted by Crippen LogP contribution is 2.70. The van der Waals surface area contributed by atoms with Crippen molar-refractivity contribution in [3.8, 4) is 0 Å². The molecule has 0 aromatic heterocycles. The zero-order chi connectivity index (χ0) is 29.0. The fourth-order valence-corrected chi connectivity index (χ4v) is 9.56. The van der Waals surface area contributed by atoms with Crippen molar-refractivity contribution >= 4 is 46.1 Å². The van der Waals surface area contributed by atoms with Crippen LogP contribution in [0.3, 0.4) is 0 Å². The van der Waals surface area contributed by atoms with Crippen molar-refractivity contribution in [2.75, 3.05) is 17.8 Å². The predicted molar refractivity (Wildman–Crippen MR) is 151 cm³/mol. The fraction of sp³-hybridized carbons (Fsp3) is 0.724. The van der Waals surface area contributed by atoms with Gasteiger partial charge in [0.05, 0.1) is 17.9 Å². The second-order valence-electron chi connectivity index (χ2n) is 12.2. The summed E-state index contributed by atoms with van der Waals surface area (Å²) in [5.74, 6) is -2.11. The van der Waals surface area contributed by atoms with E-state index in [0.29, 0.717) is 37.0 Å². The summed E-state index contributed by atoms with van der Waals surface area (Å²) in [6.45, 7) is 6.64. The number of thioether (sulfide) groups is 2. The Morgan fingerprint density at radius 3 is 2.59 bits per heavy atom. The maximum Gasteiger partial charge on any atom is 0.217 e. The average molecular weight is 582 g/mol. The van der Waals surface area contributed by atoms with E-state index in [2.05, 4.69) is 5.32 Å². The summed E-state index contributed by atoms with van der Waals surface area (Å²) >= 11 is 2.34. The van der Waals surface area contributed by atoms with Gasteiger partial charge in [-0.2, -0.15) is 11.8 Å². The normalized spacial score (nSPS) is 41.6. The molecule has 4 rings (SSSR count). The topological polar surface area (TPSA) is 121 Å². The van der Waals surface area contributed by atoms with Crippen molar-refractivity contribution in [1.82, 2.24) is 5.32 Å². The maximum atomic E-state index is 17.3. The number of rotatable bonds is 8. The molecule has 0 saturated heterocycles. The summed E-state index contributed by atoms with van der Waals surface area (Å²) in [4.78, 5) is 50.3. The van der Waals surface area contributed by atoms with Gasteiger partial charge in [-0.25, -0.2) is 4.39 Å². The van der Waals surface area contributed by atoms with Crippen molar-refractivity contribution in [3.05, 3.63) is 23.8 Å². The quantitative estimate of drug-likeness (QED) is 0.399. The molecule has 7 nitrogen and oxygen atoms in total. The molecule has 1 amide bonds. The first-order valence-electron chi connectivity index (χ1n) is 13.7. The smallest absolute Gasteiger partial charge is 0.217 e. The number of aliphatic hydroxyl groups is 2. The van der Waals surface area contributed by atoms with Gasteiger partial charge in [0.25, 0.3) is 0 Å². The molecular formula is C29H40FNO6S2. The molecule has 0 aromatic rings. The number of ketones is 2. The number of carbonyl (C=O) groups is 4. The molecule has 0 radical (unpaired) electrons. The van der Waals surface area contributed by atoms with Gasteiger partial charge in [0.1, 0.15) is 5.60 Å². The summed E-state index contributed by atoms with van der Waals surface area (Å²) in [5.41, 5.74) is -5.44. The third kappa shape index (κ3) is 4.57. The van der Waals surface area contributed by atoms with Crippen LogP contribution in [0.2, 0.25) is 0 Å². The van der Waals surface area contributed by atoms with E-state index in [9.17, 15) is 29.4 Å². The monoisotopic (exact) mass is 581 g/mol. The Hall–Kier alpha value is -1.49. The van der Waals surface area contributed by atoms with Gasteiger partial charge in [-0.15, -0.1) is 0 Å². The number of nitrogens with one attached hydrogen (secondary N) is 1. The SMILES string of the molecule is CSCCC(NC(C)=O)C(=O)SCC(=O)[C@@]1(O)[C@@H](C)C[C@H]2[C@@H]3CCC4=CC(=O)C=C[C@]4(C)[C@@]3(F)[C@@H](O)C[C@@]21C. The van der Waals surface area contributed by atoms with Gasteiger partial charge in [0.15, 0.2) is 17.2 Å². The van der Waals surface area contributed by atoms with Crippen molar-refractivity contribution in [1.29, 1.82) is 0 Å². The van der Waals surface area contributed by atoms with E-state index in [1.165, 1.54) is 19.1 Å². The minimum Gasteiger partial charge on any atom is -0.390 e. The van der Waals surface area contributed by atoms with Crippen LogP contribution in [-0.2, 0) is 19.2 Å². The summed E-state index contributed by atoms with van der Waals surface area (Å²) in [7, 11) is 0. The van der Waals surface area contributed by atoms with Gasteiger partial charge < -0.3 is 15.5 Å².